The van der Waals surface area contributed by atoms with Crippen molar-refractivity contribution < 1.29 is 32.1 Å². The maximum Gasteiger partial charge on any atom is 0.481 e. The number of carbonyl (C=O) groups is 2. The average molecular weight is 513 g/mol. The first-order valence-corrected chi connectivity index (χ1v) is 14.1. The predicted octanol–water partition coefficient (Wildman–Crippen LogP) is 1.96. The minimum atomic E-state index is -3.60. The summed E-state index contributed by atoms with van der Waals surface area (Å²) in [6, 6.07) is -1.21. The molecule has 0 unspecified atom stereocenters. The van der Waals surface area contributed by atoms with Gasteiger partial charge in [-0.1, -0.05) is 34.3 Å². The first kappa shape index (κ1) is 28.0. The second-order valence-electron chi connectivity index (χ2n) is 11.5. The third kappa shape index (κ3) is 6.21. The predicted molar refractivity (Wildman–Crippen MR) is 133 cm³/mol. The first-order valence-electron chi connectivity index (χ1n) is 12.2. The van der Waals surface area contributed by atoms with Crippen LogP contribution in [-0.2, 0) is 28.9 Å². The normalized spacial score (nSPS) is 30.6. The van der Waals surface area contributed by atoms with Crippen molar-refractivity contribution in [1.29, 1.82) is 0 Å². The van der Waals surface area contributed by atoms with E-state index in [0.717, 1.165) is 19.1 Å². The third-order valence-corrected chi connectivity index (χ3v) is 8.47. The van der Waals surface area contributed by atoms with Crippen LogP contribution < -0.4 is 15.4 Å². The lowest BCUT2D eigenvalue weighted by Gasteiger charge is -2.64. The Morgan fingerprint density at radius 1 is 1.20 bits per heavy atom. The molecule has 3 aliphatic carbocycles. The van der Waals surface area contributed by atoms with Gasteiger partial charge in [0.25, 0.3) is 0 Å². The topological polar surface area (TPSA) is 132 Å². The number of ether oxygens (including phenoxy) is 1. The van der Waals surface area contributed by atoms with Gasteiger partial charge >= 0.3 is 13.2 Å². The van der Waals surface area contributed by atoms with Crippen molar-refractivity contribution in [3.8, 4) is 0 Å². The molecule has 4 aliphatic rings. The van der Waals surface area contributed by atoms with Crippen LogP contribution in [0.5, 0.6) is 0 Å². The molecule has 0 aromatic rings. The Bertz CT molecular complexity index is 957. The van der Waals surface area contributed by atoms with E-state index in [-0.39, 0.29) is 29.7 Å². The molecule has 1 heterocycles. The quantitative estimate of drug-likeness (QED) is 0.301. The fraction of sp³-hybridized carbons (Fsp3) is 0.826. The van der Waals surface area contributed by atoms with Crippen LogP contribution in [0.15, 0.2) is 12.3 Å². The van der Waals surface area contributed by atoms with Crippen LogP contribution in [0, 0.1) is 23.2 Å². The van der Waals surface area contributed by atoms with Crippen LogP contribution in [-0.4, -0.2) is 64.0 Å². The molecule has 6 atom stereocenters. The molecule has 2 amide bonds. The van der Waals surface area contributed by atoms with E-state index >= 15 is 0 Å². The summed E-state index contributed by atoms with van der Waals surface area (Å²) in [5, 5.41) is 5.35. The summed E-state index contributed by atoms with van der Waals surface area (Å²) in [5.74, 6) is 0.292. The van der Waals surface area contributed by atoms with Gasteiger partial charge in [0.05, 0.1) is 29.7 Å². The van der Waals surface area contributed by atoms with Gasteiger partial charge in [0.2, 0.25) is 15.9 Å². The molecule has 0 aromatic heterocycles. The second kappa shape index (κ2) is 10.0. The van der Waals surface area contributed by atoms with Gasteiger partial charge in [-0.25, -0.2) is 17.9 Å². The standard InChI is InChI=1S/C23H40BN3O7S/c1-13(2)9-19(24-33-18-11-15-10-17(22(15,5)6)23(18,7)34-24)27-20(28)16(12-25-35(8,30)31)26-21(29)32-14(3)4/h13,15-19,25H,3,9-12H2,1-2,4-8H3,(H,26,29)(H,27,28)/t15-,16-,17-,18+,19-,23-/m0/s1. The fourth-order valence-electron chi connectivity index (χ4n) is 5.87. The Kier molecular flexibility index (Phi) is 8.01. The number of amides is 2. The molecule has 0 radical (unpaired) electrons. The number of nitrogens with one attached hydrogen (secondary N) is 3. The highest BCUT2D eigenvalue weighted by molar-refractivity contribution is 7.88. The molecule has 10 nitrogen and oxygen atoms in total. The van der Waals surface area contributed by atoms with Crippen LogP contribution in [0.2, 0.25) is 0 Å². The zero-order valence-electron chi connectivity index (χ0n) is 21.8. The van der Waals surface area contributed by atoms with Gasteiger partial charge in [0, 0.05) is 6.54 Å². The molecule has 4 fully saturated rings. The number of carbonyl (C=O) groups excluding carboxylic acids is 2. The molecule has 3 saturated carbocycles. The van der Waals surface area contributed by atoms with E-state index in [1.54, 1.807) is 0 Å². The average Bonchev–Trinajstić information content (AvgIpc) is 3.05. The van der Waals surface area contributed by atoms with E-state index in [0.29, 0.717) is 18.3 Å². The zero-order chi connectivity index (χ0) is 26.3. The van der Waals surface area contributed by atoms with Crippen LogP contribution in [0.1, 0.15) is 60.8 Å². The SMILES string of the molecule is C=C(C)OC(=O)N[C@@H](CNS(C)(=O)=O)C(=O)N[C@@H](CC(C)C)B1O[C@@H]2C[C@@H]3C[C@@H](C3(C)C)[C@]2(C)O1. The lowest BCUT2D eigenvalue weighted by molar-refractivity contribution is -0.199. The number of alkyl carbamates (subject to hydrolysis) is 1. The highest BCUT2D eigenvalue weighted by Gasteiger charge is 2.68. The lowest BCUT2D eigenvalue weighted by atomic mass is 9.43. The largest absolute Gasteiger partial charge is 0.481 e. The van der Waals surface area contributed by atoms with Gasteiger partial charge in [-0.05, 0) is 56.3 Å². The van der Waals surface area contributed by atoms with E-state index in [1.807, 2.05) is 13.8 Å². The van der Waals surface area contributed by atoms with Gasteiger partial charge in [-0.15, -0.1) is 0 Å². The van der Waals surface area contributed by atoms with Crippen molar-refractivity contribution in [2.24, 2.45) is 23.2 Å². The molecular weight excluding hydrogens is 473 g/mol. The van der Waals surface area contributed by atoms with Crippen molar-refractivity contribution in [2.45, 2.75) is 84.5 Å². The molecule has 1 aliphatic heterocycles. The van der Waals surface area contributed by atoms with E-state index in [4.69, 9.17) is 14.0 Å². The van der Waals surface area contributed by atoms with E-state index < -0.39 is 46.7 Å². The summed E-state index contributed by atoms with van der Waals surface area (Å²) in [6.45, 7) is 15.4. The molecule has 4 rings (SSSR count). The summed E-state index contributed by atoms with van der Waals surface area (Å²) in [4.78, 5) is 25.4. The highest BCUT2D eigenvalue weighted by Crippen LogP contribution is 2.65. The van der Waals surface area contributed by atoms with Crippen molar-refractivity contribution in [3.05, 3.63) is 12.3 Å². The Hall–Kier alpha value is -1.63. The molecule has 0 aromatic carbocycles. The Balaban J connectivity index is 1.74. The van der Waals surface area contributed by atoms with Gasteiger partial charge in [0.15, 0.2) is 0 Å². The molecule has 1 saturated heterocycles. The molecule has 0 spiro atoms. The van der Waals surface area contributed by atoms with Gasteiger partial charge in [-0.3, -0.25) is 4.79 Å². The molecule has 2 bridgehead atoms. The molecule has 35 heavy (non-hydrogen) atoms. The van der Waals surface area contributed by atoms with Crippen molar-refractivity contribution >= 4 is 29.1 Å². The van der Waals surface area contributed by atoms with Crippen molar-refractivity contribution in [3.63, 3.8) is 0 Å². The maximum atomic E-state index is 13.3. The summed E-state index contributed by atoms with van der Waals surface area (Å²) >= 11 is 0. The number of hydrogen-bond donors (Lipinski definition) is 3. The molecular formula is C23H40BN3O7S. The zero-order valence-corrected chi connectivity index (χ0v) is 22.7. The summed E-state index contributed by atoms with van der Waals surface area (Å²) in [6.07, 6.45) is 2.66. The van der Waals surface area contributed by atoms with Gasteiger partial charge < -0.3 is 24.7 Å². The second-order valence-corrected chi connectivity index (χ2v) is 13.3. The van der Waals surface area contributed by atoms with Crippen LogP contribution in [0.4, 0.5) is 4.79 Å². The number of rotatable bonds is 10. The van der Waals surface area contributed by atoms with Crippen LogP contribution in [0.25, 0.3) is 0 Å². The van der Waals surface area contributed by atoms with E-state index in [2.05, 4.69) is 42.7 Å². The minimum Gasteiger partial charge on any atom is -0.416 e. The number of hydrogen-bond acceptors (Lipinski definition) is 7. The molecule has 3 N–H and O–H groups in total. The lowest BCUT2D eigenvalue weighted by Crippen LogP contribution is -2.65. The highest BCUT2D eigenvalue weighted by atomic mass is 32.2. The molecule has 12 heteroatoms. The third-order valence-electron chi connectivity index (χ3n) is 7.78. The van der Waals surface area contributed by atoms with Crippen LogP contribution >= 0.6 is 0 Å². The van der Waals surface area contributed by atoms with E-state index in [1.165, 1.54) is 6.92 Å². The summed E-state index contributed by atoms with van der Waals surface area (Å²) < 4.78 is 43.4. The summed E-state index contributed by atoms with van der Waals surface area (Å²) in [5.41, 5.74) is -0.236. The van der Waals surface area contributed by atoms with Crippen molar-refractivity contribution in [1.82, 2.24) is 15.4 Å². The molecule has 198 valence electrons. The number of allylic oxidation sites excluding steroid dienone is 1. The number of sulfonamides is 1. The Morgan fingerprint density at radius 2 is 1.86 bits per heavy atom. The monoisotopic (exact) mass is 513 g/mol. The first-order chi connectivity index (χ1) is 16.0. The van der Waals surface area contributed by atoms with Crippen molar-refractivity contribution in [2.75, 3.05) is 12.8 Å². The smallest absolute Gasteiger partial charge is 0.416 e. The fourth-order valence-corrected chi connectivity index (χ4v) is 6.34. The summed E-state index contributed by atoms with van der Waals surface area (Å²) in [7, 11) is -4.24. The Labute approximate surface area is 209 Å². The minimum absolute atomic E-state index is 0.0396. The van der Waals surface area contributed by atoms with Gasteiger partial charge in [0.1, 0.15) is 6.04 Å². The maximum absolute atomic E-state index is 13.3. The van der Waals surface area contributed by atoms with Gasteiger partial charge in [-0.2, -0.15) is 0 Å². The van der Waals surface area contributed by atoms with E-state index in [9.17, 15) is 18.0 Å². The van der Waals surface area contributed by atoms with Crippen LogP contribution in [0.3, 0.4) is 0 Å². The Morgan fingerprint density at radius 3 is 2.40 bits per heavy atom.